The maximum Gasteiger partial charge on any atom is 0.270 e. The molecule has 0 bridgehead atoms. The van der Waals surface area contributed by atoms with E-state index in [0.717, 1.165) is 30.4 Å². The van der Waals surface area contributed by atoms with Gasteiger partial charge in [0.15, 0.2) is 5.11 Å². The van der Waals surface area contributed by atoms with Crippen LogP contribution in [0.5, 0.6) is 0 Å². The van der Waals surface area contributed by atoms with Crippen molar-refractivity contribution in [3.63, 3.8) is 0 Å². The van der Waals surface area contributed by atoms with Gasteiger partial charge in [-0.1, -0.05) is 28.1 Å². The molecule has 0 unspecified atom stereocenters. The maximum absolute atomic E-state index is 14.6. The van der Waals surface area contributed by atoms with E-state index in [1.807, 2.05) is 11.0 Å². The molecule has 4 rings (SSSR count). The van der Waals surface area contributed by atoms with Crippen LogP contribution in [0.25, 0.3) is 6.08 Å². The van der Waals surface area contributed by atoms with Crippen LogP contribution in [0.2, 0.25) is 0 Å². The van der Waals surface area contributed by atoms with Crippen molar-refractivity contribution in [3.05, 3.63) is 63.9 Å². The summed E-state index contributed by atoms with van der Waals surface area (Å²) < 4.78 is 15.4. The topological polar surface area (TPSA) is 52.7 Å². The molecular weight excluding hydrogens is 457 g/mol. The lowest BCUT2D eigenvalue weighted by molar-refractivity contribution is -0.122. The van der Waals surface area contributed by atoms with Gasteiger partial charge in [-0.05, 0) is 67.0 Å². The molecule has 1 N–H and O–H groups in total. The molecule has 2 aromatic carbocycles. The van der Waals surface area contributed by atoms with Crippen molar-refractivity contribution in [1.82, 2.24) is 5.32 Å². The highest BCUT2D eigenvalue weighted by atomic mass is 79.9. The summed E-state index contributed by atoms with van der Waals surface area (Å²) in [6, 6.07) is 11.8. The molecule has 0 spiro atoms. The van der Waals surface area contributed by atoms with Crippen LogP contribution in [0.15, 0.2) is 52.5 Å². The van der Waals surface area contributed by atoms with Gasteiger partial charge in [-0.15, -0.1) is 0 Å². The Bertz CT molecular complexity index is 1050. The minimum atomic E-state index is -0.602. The molecule has 0 saturated carbocycles. The summed E-state index contributed by atoms with van der Waals surface area (Å²) in [7, 11) is 0. The lowest BCUT2D eigenvalue weighted by Crippen LogP contribution is -2.54. The van der Waals surface area contributed by atoms with Crippen molar-refractivity contribution in [2.75, 3.05) is 22.9 Å². The Kier molecular flexibility index (Phi) is 5.47. The predicted molar refractivity (Wildman–Crippen MR) is 118 cm³/mol. The first-order valence-corrected chi connectivity index (χ1v) is 10.4. The highest BCUT2D eigenvalue weighted by molar-refractivity contribution is 9.10. The summed E-state index contributed by atoms with van der Waals surface area (Å²) in [6.45, 7) is 1.66. The van der Waals surface area contributed by atoms with Crippen molar-refractivity contribution >= 4 is 62.5 Å². The summed E-state index contributed by atoms with van der Waals surface area (Å²) in [4.78, 5) is 28.7. The van der Waals surface area contributed by atoms with E-state index < -0.39 is 11.8 Å². The number of thiocarbonyl (C=S) groups is 1. The van der Waals surface area contributed by atoms with E-state index in [9.17, 15) is 14.0 Å². The van der Waals surface area contributed by atoms with Crippen LogP contribution >= 0.6 is 28.1 Å². The van der Waals surface area contributed by atoms with E-state index in [2.05, 4.69) is 21.2 Å². The predicted octanol–water partition coefficient (Wildman–Crippen LogP) is 4.02. The molecule has 29 heavy (non-hydrogen) atoms. The monoisotopic (exact) mass is 473 g/mol. The van der Waals surface area contributed by atoms with Gasteiger partial charge in [-0.3, -0.25) is 19.8 Å². The van der Waals surface area contributed by atoms with Gasteiger partial charge in [0.1, 0.15) is 11.4 Å². The largest absolute Gasteiger partial charge is 0.369 e. The molecule has 5 nitrogen and oxygen atoms in total. The number of hydrogen-bond donors (Lipinski definition) is 1. The number of carbonyl (C=O) groups excluding carboxylic acids is 2. The zero-order valence-corrected chi connectivity index (χ0v) is 17.7. The quantitative estimate of drug-likeness (QED) is 0.415. The fourth-order valence-corrected chi connectivity index (χ4v) is 4.17. The van der Waals surface area contributed by atoms with Gasteiger partial charge < -0.3 is 4.90 Å². The molecule has 2 amide bonds. The van der Waals surface area contributed by atoms with Crippen molar-refractivity contribution < 1.29 is 14.0 Å². The number of nitrogens with zero attached hydrogens (tertiary/aromatic N) is 2. The highest BCUT2D eigenvalue weighted by Gasteiger charge is 2.34. The molecular formula is C21H17BrFN3O2S. The average Bonchev–Trinajstić information content (AvgIpc) is 3.19. The Morgan fingerprint density at radius 2 is 1.86 bits per heavy atom. The number of rotatable bonds is 3. The first-order chi connectivity index (χ1) is 13.9. The Morgan fingerprint density at radius 3 is 2.55 bits per heavy atom. The second kappa shape index (κ2) is 8.04. The van der Waals surface area contributed by atoms with Gasteiger partial charge in [0, 0.05) is 17.6 Å². The Labute approximate surface area is 181 Å². The molecule has 0 radical (unpaired) electrons. The van der Waals surface area contributed by atoms with E-state index in [4.69, 9.17) is 12.2 Å². The van der Waals surface area contributed by atoms with Gasteiger partial charge in [-0.25, -0.2) is 4.39 Å². The molecule has 0 aliphatic carbocycles. The summed E-state index contributed by atoms with van der Waals surface area (Å²) in [5, 5.41) is 2.54. The number of carbonyl (C=O) groups is 2. The minimum Gasteiger partial charge on any atom is -0.369 e. The standard InChI is InChI=1S/C21H17BrFN3O2S/c22-14-4-3-5-15(12-14)26-20(28)16(19(27)24-21(26)29)10-13-6-7-18(17(23)11-13)25-8-1-2-9-25/h3-7,10-12H,1-2,8-9H2,(H,24,27,29)/b16-10+. The van der Waals surface area contributed by atoms with Crippen LogP contribution in [-0.4, -0.2) is 30.0 Å². The second-order valence-corrected chi connectivity index (χ2v) is 8.15. The molecule has 0 atom stereocenters. The number of nitrogens with one attached hydrogen (secondary N) is 1. The SMILES string of the molecule is O=C1NC(=S)N(c2cccc(Br)c2)C(=O)/C1=C/c1ccc(N2CCCC2)c(F)c1. The van der Waals surface area contributed by atoms with E-state index in [1.54, 1.807) is 30.3 Å². The molecule has 2 aliphatic rings. The third-order valence-electron chi connectivity index (χ3n) is 4.90. The normalized spacial score (nSPS) is 18.6. The summed E-state index contributed by atoms with van der Waals surface area (Å²) in [5.41, 5.74) is 1.40. The summed E-state index contributed by atoms with van der Waals surface area (Å²) >= 11 is 8.55. The van der Waals surface area contributed by atoms with Crippen LogP contribution in [0.4, 0.5) is 15.8 Å². The lowest BCUT2D eigenvalue weighted by atomic mass is 10.1. The molecule has 148 valence electrons. The Morgan fingerprint density at radius 1 is 1.10 bits per heavy atom. The summed E-state index contributed by atoms with van der Waals surface area (Å²) in [5.74, 6) is -1.53. The zero-order chi connectivity index (χ0) is 20.5. The molecule has 2 saturated heterocycles. The number of benzene rings is 2. The first kappa shape index (κ1) is 19.7. The molecule has 2 aromatic rings. The average molecular weight is 474 g/mol. The van der Waals surface area contributed by atoms with Crippen LogP contribution in [-0.2, 0) is 9.59 Å². The Balaban J connectivity index is 1.67. The maximum atomic E-state index is 14.6. The van der Waals surface area contributed by atoms with Crippen LogP contribution in [0.1, 0.15) is 18.4 Å². The highest BCUT2D eigenvalue weighted by Crippen LogP contribution is 2.27. The summed E-state index contributed by atoms with van der Waals surface area (Å²) in [6.07, 6.45) is 3.48. The van der Waals surface area contributed by atoms with E-state index in [-0.39, 0.29) is 16.5 Å². The van der Waals surface area contributed by atoms with Gasteiger partial charge in [0.2, 0.25) is 0 Å². The fourth-order valence-electron chi connectivity index (χ4n) is 3.50. The van der Waals surface area contributed by atoms with Gasteiger partial charge in [0.05, 0.1) is 11.4 Å². The Hall–Kier alpha value is -2.58. The van der Waals surface area contributed by atoms with Crippen molar-refractivity contribution in [2.45, 2.75) is 12.8 Å². The third-order valence-corrected chi connectivity index (χ3v) is 5.68. The lowest BCUT2D eigenvalue weighted by Gasteiger charge is -2.29. The van der Waals surface area contributed by atoms with E-state index in [1.165, 1.54) is 17.0 Å². The molecule has 8 heteroatoms. The molecule has 2 aliphatic heterocycles. The van der Waals surface area contributed by atoms with Crippen LogP contribution in [0.3, 0.4) is 0 Å². The molecule has 2 fully saturated rings. The number of amides is 2. The second-order valence-electron chi connectivity index (χ2n) is 6.84. The first-order valence-electron chi connectivity index (χ1n) is 9.15. The van der Waals surface area contributed by atoms with Crippen molar-refractivity contribution in [2.24, 2.45) is 0 Å². The smallest absolute Gasteiger partial charge is 0.270 e. The number of anilines is 2. The van der Waals surface area contributed by atoms with E-state index in [0.29, 0.717) is 16.9 Å². The van der Waals surface area contributed by atoms with Crippen molar-refractivity contribution in [1.29, 1.82) is 0 Å². The fraction of sp³-hybridized carbons (Fsp3) is 0.190. The van der Waals surface area contributed by atoms with Crippen molar-refractivity contribution in [3.8, 4) is 0 Å². The zero-order valence-electron chi connectivity index (χ0n) is 15.3. The minimum absolute atomic E-state index is 0.00538. The van der Waals surface area contributed by atoms with Crippen LogP contribution in [0, 0.1) is 5.82 Å². The van der Waals surface area contributed by atoms with Crippen LogP contribution < -0.4 is 15.1 Å². The molecule has 0 aromatic heterocycles. The van der Waals surface area contributed by atoms with E-state index >= 15 is 0 Å². The van der Waals surface area contributed by atoms with Gasteiger partial charge in [0.25, 0.3) is 11.8 Å². The third kappa shape index (κ3) is 3.95. The van der Waals surface area contributed by atoms with Gasteiger partial charge >= 0.3 is 0 Å². The number of halogens is 2. The van der Waals surface area contributed by atoms with Gasteiger partial charge in [-0.2, -0.15) is 0 Å². The molecule has 2 heterocycles. The number of hydrogen-bond acceptors (Lipinski definition) is 4.